The summed E-state index contributed by atoms with van der Waals surface area (Å²) in [5.41, 5.74) is 4.06. The van der Waals surface area contributed by atoms with Gasteiger partial charge in [-0.1, -0.05) is 32.9 Å². The Labute approximate surface area is 90.4 Å². The largest absolute Gasteiger partial charge is 0.340 e. The van der Waals surface area contributed by atoms with E-state index in [1.54, 1.807) is 0 Å². The van der Waals surface area contributed by atoms with E-state index >= 15 is 0 Å². The summed E-state index contributed by atoms with van der Waals surface area (Å²) in [5, 5.41) is 0. The Balaban J connectivity index is 3.04. The lowest BCUT2D eigenvalue weighted by Crippen LogP contribution is -2.30. The zero-order chi connectivity index (χ0) is 10.9. The van der Waals surface area contributed by atoms with Crippen LogP contribution in [0, 0.1) is 0 Å². The van der Waals surface area contributed by atoms with Crippen LogP contribution in [0.3, 0.4) is 0 Å². The van der Waals surface area contributed by atoms with E-state index in [0.717, 1.165) is 28.1 Å². The van der Waals surface area contributed by atoms with Crippen LogP contribution in [0.5, 0.6) is 0 Å². The molecule has 1 saturated heterocycles. The molecule has 0 amide bonds. The van der Waals surface area contributed by atoms with Gasteiger partial charge in [-0.05, 0) is 16.7 Å². The fourth-order valence-electron chi connectivity index (χ4n) is 1.37. The topological polar surface area (TPSA) is 3.24 Å². The zero-order valence-electron chi connectivity index (χ0n) is 8.27. The van der Waals surface area contributed by atoms with Crippen molar-refractivity contribution in [1.29, 1.82) is 0 Å². The summed E-state index contributed by atoms with van der Waals surface area (Å²) in [6, 6.07) is 0. The molecule has 0 saturated carbocycles. The molecule has 0 spiro atoms. The molecule has 1 fully saturated rings. The van der Waals surface area contributed by atoms with Gasteiger partial charge in [0.15, 0.2) is 0 Å². The Hall–Kier alpha value is -1.21. The number of likely N-dealkylation sites (tertiary alicyclic amines) is 1. The second-order valence-electron chi connectivity index (χ2n) is 3.17. The highest BCUT2D eigenvalue weighted by molar-refractivity contribution is 6.18. The Kier molecular flexibility index (Phi) is 3.02. The van der Waals surface area contributed by atoms with E-state index < -0.39 is 0 Å². The van der Waals surface area contributed by atoms with Crippen LogP contribution in [-0.4, -0.2) is 17.3 Å². The standard InChI is InChI=1S/C12H14ClN/c1-8-9(2)11(4)14(7-6-13)12(5)10(8)3/h1-7H2. The fourth-order valence-corrected chi connectivity index (χ4v) is 1.54. The highest BCUT2D eigenvalue weighted by Gasteiger charge is 2.24. The Morgan fingerprint density at radius 3 is 1.64 bits per heavy atom. The highest BCUT2D eigenvalue weighted by Crippen LogP contribution is 2.36. The monoisotopic (exact) mass is 207 g/mol. The SMILES string of the molecule is C=C1C(=C)C(=C)N(CCCl)C(=C)C1=C. The number of piperidine rings is 1. The van der Waals surface area contributed by atoms with Gasteiger partial charge in [0.1, 0.15) is 0 Å². The van der Waals surface area contributed by atoms with Crippen molar-refractivity contribution in [3.05, 3.63) is 61.0 Å². The van der Waals surface area contributed by atoms with Gasteiger partial charge in [-0.3, -0.25) is 0 Å². The van der Waals surface area contributed by atoms with Crippen LogP contribution >= 0.6 is 11.6 Å². The molecular formula is C12H14ClN. The maximum Gasteiger partial charge on any atom is 0.0411 e. The lowest BCUT2D eigenvalue weighted by atomic mass is 9.92. The van der Waals surface area contributed by atoms with Crippen molar-refractivity contribution < 1.29 is 0 Å². The average molecular weight is 208 g/mol. The molecule has 1 rings (SSSR count). The van der Waals surface area contributed by atoms with Gasteiger partial charge in [0.2, 0.25) is 0 Å². The molecule has 0 N–H and O–H groups in total. The molecule has 14 heavy (non-hydrogen) atoms. The Morgan fingerprint density at radius 2 is 1.29 bits per heavy atom. The summed E-state index contributed by atoms with van der Waals surface area (Å²) in [6.45, 7) is 20.2. The summed E-state index contributed by atoms with van der Waals surface area (Å²) in [5.74, 6) is 0.519. The molecule has 0 aromatic rings. The molecule has 1 nitrogen and oxygen atoms in total. The first-order chi connectivity index (χ1) is 6.50. The van der Waals surface area contributed by atoms with Crippen LogP contribution in [0.25, 0.3) is 0 Å². The molecule has 0 bridgehead atoms. The first kappa shape index (κ1) is 10.9. The Bertz CT molecular complexity index is 319. The average Bonchev–Trinajstić information content (AvgIpc) is 2.19. The summed E-state index contributed by atoms with van der Waals surface area (Å²) in [6.07, 6.45) is 0. The van der Waals surface area contributed by atoms with Gasteiger partial charge in [0.05, 0.1) is 0 Å². The van der Waals surface area contributed by atoms with Gasteiger partial charge in [-0.15, -0.1) is 11.6 Å². The second kappa shape index (κ2) is 3.89. The quantitative estimate of drug-likeness (QED) is 0.629. The van der Waals surface area contributed by atoms with Crippen molar-refractivity contribution >= 4 is 11.6 Å². The van der Waals surface area contributed by atoms with E-state index in [-0.39, 0.29) is 0 Å². The van der Waals surface area contributed by atoms with Gasteiger partial charge in [0.25, 0.3) is 0 Å². The Morgan fingerprint density at radius 1 is 0.857 bits per heavy atom. The van der Waals surface area contributed by atoms with Crippen molar-refractivity contribution in [2.24, 2.45) is 0 Å². The molecule has 1 heterocycles. The zero-order valence-corrected chi connectivity index (χ0v) is 9.03. The van der Waals surface area contributed by atoms with Crippen LogP contribution in [0.1, 0.15) is 0 Å². The normalized spacial score (nSPS) is 18.1. The van der Waals surface area contributed by atoms with Crippen molar-refractivity contribution in [3.8, 4) is 0 Å². The molecule has 0 aliphatic carbocycles. The maximum atomic E-state index is 5.69. The number of allylic oxidation sites excluding steroid dienone is 2. The van der Waals surface area contributed by atoms with Gasteiger partial charge in [-0.25, -0.2) is 0 Å². The minimum Gasteiger partial charge on any atom is -0.340 e. The third-order valence-corrected chi connectivity index (χ3v) is 2.55. The third kappa shape index (κ3) is 1.55. The van der Waals surface area contributed by atoms with Crippen molar-refractivity contribution in [1.82, 2.24) is 4.90 Å². The van der Waals surface area contributed by atoms with E-state index in [4.69, 9.17) is 11.6 Å². The minimum absolute atomic E-state index is 0.519. The second-order valence-corrected chi connectivity index (χ2v) is 3.55. The molecular weight excluding hydrogens is 194 g/mol. The van der Waals surface area contributed by atoms with Gasteiger partial charge in [-0.2, -0.15) is 0 Å². The third-order valence-electron chi connectivity index (χ3n) is 2.39. The lowest BCUT2D eigenvalue weighted by molar-refractivity contribution is 0.465. The first-order valence-electron chi connectivity index (χ1n) is 4.30. The maximum absolute atomic E-state index is 5.69. The smallest absolute Gasteiger partial charge is 0.0411 e. The molecule has 0 aromatic carbocycles. The summed E-state index contributed by atoms with van der Waals surface area (Å²) in [4.78, 5) is 1.92. The van der Waals surface area contributed by atoms with Crippen molar-refractivity contribution in [2.75, 3.05) is 12.4 Å². The number of alkyl halides is 1. The van der Waals surface area contributed by atoms with E-state index in [9.17, 15) is 0 Å². The van der Waals surface area contributed by atoms with Crippen LogP contribution in [0.15, 0.2) is 61.0 Å². The summed E-state index contributed by atoms with van der Waals surface area (Å²) >= 11 is 5.69. The number of halogens is 1. The highest BCUT2D eigenvalue weighted by atomic mass is 35.5. The van der Waals surface area contributed by atoms with Crippen molar-refractivity contribution in [2.45, 2.75) is 0 Å². The minimum atomic E-state index is 0.519. The summed E-state index contributed by atoms with van der Waals surface area (Å²) in [7, 11) is 0. The number of hydrogen-bond donors (Lipinski definition) is 0. The van der Waals surface area contributed by atoms with E-state index in [1.807, 2.05) is 4.90 Å². The van der Waals surface area contributed by atoms with Crippen molar-refractivity contribution in [3.63, 3.8) is 0 Å². The lowest BCUT2D eigenvalue weighted by Gasteiger charge is -2.36. The van der Waals surface area contributed by atoms with E-state index in [0.29, 0.717) is 12.4 Å². The number of hydrogen-bond acceptors (Lipinski definition) is 1. The van der Waals surface area contributed by atoms with Crippen LogP contribution in [0.4, 0.5) is 0 Å². The molecule has 74 valence electrons. The van der Waals surface area contributed by atoms with Crippen LogP contribution < -0.4 is 0 Å². The van der Waals surface area contributed by atoms with Crippen LogP contribution in [-0.2, 0) is 0 Å². The van der Waals surface area contributed by atoms with E-state index in [1.165, 1.54) is 0 Å². The molecule has 1 aliphatic rings. The molecule has 0 unspecified atom stereocenters. The predicted molar refractivity (Wildman–Crippen MR) is 63.1 cm³/mol. The molecule has 0 atom stereocenters. The molecule has 2 heteroatoms. The molecule has 1 aliphatic heterocycles. The van der Waals surface area contributed by atoms with Gasteiger partial charge >= 0.3 is 0 Å². The van der Waals surface area contributed by atoms with Gasteiger partial charge < -0.3 is 4.90 Å². The molecule has 0 aromatic heterocycles. The summed E-state index contributed by atoms with van der Waals surface area (Å²) < 4.78 is 0. The van der Waals surface area contributed by atoms with Gasteiger partial charge in [0, 0.05) is 23.8 Å². The molecule has 0 radical (unpaired) electrons. The first-order valence-corrected chi connectivity index (χ1v) is 4.83. The fraction of sp³-hybridized carbons (Fsp3) is 0.167. The van der Waals surface area contributed by atoms with E-state index in [2.05, 4.69) is 32.9 Å². The number of rotatable bonds is 2. The predicted octanol–water partition coefficient (Wildman–Crippen LogP) is 3.24. The van der Waals surface area contributed by atoms with Crippen LogP contribution in [0.2, 0.25) is 0 Å². The number of nitrogens with zero attached hydrogens (tertiary/aromatic N) is 1.